The molecule has 1 heterocycles. The second-order valence-corrected chi connectivity index (χ2v) is 12.9. The monoisotopic (exact) mass is 860 g/mol. The van der Waals surface area contributed by atoms with Gasteiger partial charge < -0.3 is 96.5 Å². The van der Waals surface area contributed by atoms with E-state index < -0.39 is 51.1 Å². The first-order valence-corrected chi connectivity index (χ1v) is 20.3. The minimum atomic E-state index is -4.82. The van der Waals surface area contributed by atoms with Crippen LogP contribution in [0.2, 0.25) is 0 Å². The lowest BCUT2D eigenvalue weighted by Crippen LogP contribution is -2.59. The van der Waals surface area contributed by atoms with Gasteiger partial charge in [0.05, 0.1) is 178 Å². The van der Waals surface area contributed by atoms with Crippen LogP contribution in [-0.4, -0.2) is 239 Å². The molecule has 57 heavy (non-hydrogen) atoms. The Morgan fingerprint density at radius 3 is 1.00 bits per heavy atom. The number of hydrogen-bond acceptors (Lipinski definition) is 20. The number of rotatable bonds is 43. The third-order valence-corrected chi connectivity index (χ3v) is 7.62. The Morgan fingerprint density at radius 1 is 0.439 bits per heavy atom. The summed E-state index contributed by atoms with van der Waals surface area (Å²) in [5.41, 5.74) is 0. The minimum Gasteiger partial charge on any atom is -0.481 e. The Hall–Kier alpha value is -1.10. The summed E-state index contributed by atoms with van der Waals surface area (Å²) in [6, 6.07) is 0. The molecule has 1 rings (SSSR count). The number of carbonyl (C=O) groups is 1. The molecular weight excluding hydrogens is 795 g/mol. The zero-order valence-electron chi connectivity index (χ0n) is 32.5. The van der Waals surface area contributed by atoms with Crippen molar-refractivity contribution < 1.29 is 110 Å². The van der Waals surface area contributed by atoms with E-state index in [0.29, 0.717) is 139 Å². The van der Waals surface area contributed by atoms with E-state index in [9.17, 15) is 24.7 Å². The summed E-state index contributed by atoms with van der Waals surface area (Å²) in [6.45, 7) is 8.59. The van der Waals surface area contributed by atoms with Gasteiger partial charge in [-0.3, -0.25) is 9.32 Å². The summed E-state index contributed by atoms with van der Waals surface area (Å²) in [6.07, 6.45) is -7.61. The van der Waals surface area contributed by atoms with Crippen molar-refractivity contribution >= 4 is 13.8 Å². The van der Waals surface area contributed by atoms with Gasteiger partial charge in [-0.2, -0.15) is 0 Å². The summed E-state index contributed by atoms with van der Waals surface area (Å²) in [5.74, 6) is -0.888. The fourth-order valence-electron chi connectivity index (χ4n) is 4.27. The lowest BCUT2D eigenvalue weighted by Gasteiger charge is -2.40. The van der Waals surface area contributed by atoms with Gasteiger partial charge in [0.1, 0.15) is 24.4 Å². The average Bonchev–Trinajstić information content (AvgIpc) is 3.17. The van der Waals surface area contributed by atoms with Gasteiger partial charge in [-0.1, -0.05) is 0 Å². The second kappa shape index (κ2) is 37.9. The zero-order chi connectivity index (χ0) is 41.7. The van der Waals surface area contributed by atoms with Gasteiger partial charge in [0, 0.05) is 0 Å². The Labute approximate surface area is 333 Å². The predicted molar refractivity (Wildman–Crippen MR) is 193 cm³/mol. The Bertz CT molecular complexity index is 950. The standard InChI is InChI=1S/C33H65O23P/c34-29(35)1-2-42-3-4-43-5-6-44-7-8-45-9-10-46-11-12-47-13-14-48-15-16-49-17-18-50-19-20-51-21-22-52-23-24-53-25-26-54-33-32(38)31(37)30(36)28(56-33)27-55-57(39,40)41/h28,30-33,36-38H,1-27H2,(H,34,35)(H2,39,40,41). The van der Waals surface area contributed by atoms with Crippen LogP contribution in [0.1, 0.15) is 6.42 Å². The van der Waals surface area contributed by atoms with Gasteiger partial charge in [0.15, 0.2) is 6.29 Å². The van der Waals surface area contributed by atoms with Crippen molar-refractivity contribution in [2.24, 2.45) is 0 Å². The van der Waals surface area contributed by atoms with E-state index in [1.165, 1.54) is 0 Å². The van der Waals surface area contributed by atoms with Crippen LogP contribution < -0.4 is 0 Å². The smallest absolute Gasteiger partial charge is 0.469 e. The Balaban J connectivity index is 1.72. The van der Waals surface area contributed by atoms with Crippen LogP contribution in [0.25, 0.3) is 0 Å². The van der Waals surface area contributed by atoms with Crippen LogP contribution in [-0.2, 0) is 80.2 Å². The summed E-state index contributed by atoms with van der Waals surface area (Å²) >= 11 is 0. The van der Waals surface area contributed by atoms with Crippen LogP contribution in [0.4, 0.5) is 0 Å². The van der Waals surface area contributed by atoms with Crippen LogP contribution in [0.3, 0.4) is 0 Å². The first-order chi connectivity index (χ1) is 27.6. The molecule has 0 bridgehead atoms. The summed E-state index contributed by atoms with van der Waals surface area (Å²) < 4.78 is 90.5. The van der Waals surface area contributed by atoms with Crippen molar-refractivity contribution in [3.05, 3.63) is 0 Å². The highest BCUT2D eigenvalue weighted by molar-refractivity contribution is 7.46. The molecule has 0 saturated carbocycles. The van der Waals surface area contributed by atoms with Crippen molar-refractivity contribution in [2.75, 3.05) is 172 Å². The van der Waals surface area contributed by atoms with Crippen molar-refractivity contribution in [2.45, 2.75) is 37.1 Å². The van der Waals surface area contributed by atoms with Crippen LogP contribution in [0.15, 0.2) is 0 Å². The first kappa shape index (κ1) is 53.9. The largest absolute Gasteiger partial charge is 0.481 e. The number of aliphatic hydroxyl groups is 3. The molecule has 0 aliphatic carbocycles. The molecule has 340 valence electrons. The Kier molecular flexibility index (Phi) is 35.8. The second-order valence-electron chi connectivity index (χ2n) is 11.7. The van der Waals surface area contributed by atoms with Crippen LogP contribution >= 0.6 is 7.82 Å². The number of aliphatic carboxylic acids is 1. The third kappa shape index (κ3) is 34.3. The number of phosphoric acid groups is 1. The van der Waals surface area contributed by atoms with Gasteiger partial charge in [-0.15, -0.1) is 0 Å². The average molecular weight is 861 g/mol. The molecule has 0 spiro atoms. The number of carboxylic acid groups (broad SMARTS) is 1. The van der Waals surface area contributed by atoms with Gasteiger partial charge in [0.2, 0.25) is 0 Å². The van der Waals surface area contributed by atoms with E-state index in [1.54, 1.807) is 0 Å². The van der Waals surface area contributed by atoms with E-state index >= 15 is 0 Å². The quantitative estimate of drug-likeness (QED) is 0.0275. The van der Waals surface area contributed by atoms with E-state index in [4.69, 9.17) is 81.2 Å². The summed E-state index contributed by atoms with van der Waals surface area (Å²) in [7, 11) is -4.82. The molecule has 1 fully saturated rings. The molecule has 0 aromatic rings. The highest BCUT2D eigenvalue weighted by Crippen LogP contribution is 2.37. The van der Waals surface area contributed by atoms with Crippen molar-refractivity contribution in [3.63, 3.8) is 0 Å². The topological polar surface area (TPSA) is 294 Å². The van der Waals surface area contributed by atoms with Crippen molar-refractivity contribution in [1.29, 1.82) is 0 Å². The molecule has 5 unspecified atom stereocenters. The van der Waals surface area contributed by atoms with Crippen LogP contribution in [0, 0.1) is 0 Å². The highest BCUT2D eigenvalue weighted by atomic mass is 31.2. The third-order valence-electron chi connectivity index (χ3n) is 7.14. The maximum atomic E-state index is 10.9. The zero-order valence-corrected chi connectivity index (χ0v) is 33.4. The maximum Gasteiger partial charge on any atom is 0.469 e. The molecule has 0 aromatic heterocycles. The number of ether oxygens (including phenoxy) is 14. The lowest BCUT2D eigenvalue weighted by molar-refractivity contribution is -0.301. The summed E-state index contributed by atoms with van der Waals surface area (Å²) in [4.78, 5) is 28.0. The van der Waals surface area contributed by atoms with Gasteiger partial charge in [0.25, 0.3) is 0 Å². The van der Waals surface area contributed by atoms with E-state index in [0.717, 1.165) is 0 Å². The maximum absolute atomic E-state index is 10.9. The van der Waals surface area contributed by atoms with Gasteiger partial charge in [-0.25, -0.2) is 4.57 Å². The molecule has 0 radical (unpaired) electrons. The molecule has 6 N–H and O–H groups in total. The molecule has 0 aromatic carbocycles. The SMILES string of the molecule is O=C(O)CCOCCOCCOCCOCCOCCOCCOCCOCCOCCOCCOCCOCCOC1OC(COP(=O)(O)O)C(O)C(O)C1O. The molecule has 1 saturated heterocycles. The predicted octanol–water partition coefficient (Wildman–Crippen LogP) is -2.41. The lowest BCUT2D eigenvalue weighted by atomic mass is 9.99. The highest BCUT2D eigenvalue weighted by Gasteiger charge is 2.45. The fourth-order valence-corrected chi connectivity index (χ4v) is 4.61. The molecule has 1 aliphatic heterocycles. The number of hydrogen-bond donors (Lipinski definition) is 6. The minimum absolute atomic E-state index is 0.0174. The normalized spacial score (nSPS) is 20.1. The fraction of sp³-hybridized carbons (Fsp3) is 0.970. The molecule has 0 amide bonds. The molecular formula is C33H65O23P. The van der Waals surface area contributed by atoms with Gasteiger partial charge >= 0.3 is 13.8 Å². The summed E-state index contributed by atoms with van der Waals surface area (Å²) in [5, 5.41) is 38.4. The van der Waals surface area contributed by atoms with Crippen molar-refractivity contribution in [1.82, 2.24) is 0 Å². The molecule has 24 heteroatoms. The van der Waals surface area contributed by atoms with Gasteiger partial charge in [-0.05, 0) is 0 Å². The number of phosphoric ester groups is 1. The van der Waals surface area contributed by atoms with E-state index in [-0.39, 0.29) is 32.8 Å². The molecule has 5 atom stereocenters. The van der Waals surface area contributed by atoms with E-state index in [2.05, 4.69) is 4.52 Å². The van der Waals surface area contributed by atoms with Crippen molar-refractivity contribution in [3.8, 4) is 0 Å². The molecule has 1 aliphatic rings. The van der Waals surface area contributed by atoms with Crippen LogP contribution in [0.5, 0.6) is 0 Å². The first-order valence-electron chi connectivity index (χ1n) is 18.8. The Morgan fingerprint density at radius 2 is 0.719 bits per heavy atom. The number of aliphatic hydroxyl groups excluding tert-OH is 3. The van der Waals surface area contributed by atoms with E-state index in [1.807, 2.05) is 0 Å². The number of carboxylic acids is 1. The molecule has 23 nitrogen and oxygen atoms in total.